The van der Waals surface area contributed by atoms with E-state index in [9.17, 15) is 9.59 Å². The molecule has 1 aliphatic rings. The van der Waals surface area contributed by atoms with Crippen LogP contribution in [0.25, 0.3) is 17.2 Å². The first kappa shape index (κ1) is 20.6. The number of aryl methyl sites for hydroxylation is 1. The zero-order chi connectivity index (χ0) is 21.8. The summed E-state index contributed by atoms with van der Waals surface area (Å²) in [4.78, 5) is 26.5. The van der Waals surface area contributed by atoms with E-state index in [1.807, 2.05) is 42.5 Å². The van der Waals surface area contributed by atoms with Crippen molar-refractivity contribution in [3.05, 3.63) is 101 Å². The molecular formula is C27H26N2O2. The highest BCUT2D eigenvalue weighted by Crippen LogP contribution is 2.32. The van der Waals surface area contributed by atoms with Crippen molar-refractivity contribution >= 4 is 17.9 Å². The average molecular weight is 411 g/mol. The summed E-state index contributed by atoms with van der Waals surface area (Å²) in [6, 6.07) is 24.2. The Morgan fingerprint density at radius 2 is 1.68 bits per heavy atom. The standard InChI is InChI=1S/C27H26N2O2/c1-19-7-5-10-23(15-19)24-11-6-8-21(16-24)18-28-27(31)17-26-25-12-4-3-9-22(25)13-14-29(26)20(2)30/h3-16,26H,17-18H2,1-2H3,(H,28,31). The highest BCUT2D eigenvalue weighted by molar-refractivity contribution is 5.82. The van der Waals surface area contributed by atoms with Crippen LogP contribution in [-0.2, 0) is 16.1 Å². The Bertz CT molecular complexity index is 1150. The van der Waals surface area contributed by atoms with Gasteiger partial charge in [-0.3, -0.25) is 9.59 Å². The highest BCUT2D eigenvalue weighted by atomic mass is 16.2. The van der Waals surface area contributed by atoms with E-state index in [2.05, 4.69) is 48.6 Å². The number of nitrogens with one attached hydrogen (secondary N) is 1. The fraction of sp³-hybridized carbons (Fsp3) is 0.185. The molecule has 156 valence electrons. The van der Waals surface area contributed by atoms with Crippen LogP contribution in [0.1, 0.15) is 41.6 Å². The van der Waals surface area contributed by atoms with Crippen molar-refractivity contribution in [1.82, 2.24) is 10.2 Å². The van der Waals surface area contributed by atoms with Crippen molar-refractivity contribution in [2.24, 2.45) is 0 Å². The summed E-state index contributed by atoms with van der Waals surface area (Å²) >= 11 is 0. The summed E-state index contributed by atoms with van der Waals surface area (Å²) in [6.07, 6.45) is 3.91. The summed E-state index contributed by atoms with van der Waals surface area (Å²) < 4.78 is 0. The average Bonchev–Trinajstić information content (AvgIpc) is 2.78. The third-order valence-electron chi connectivity index (χ3n) is 5.62. The lowest BCUT2D eigenvalue weighted by atomic mass is 9.93. The summed E-state index contributed by atoms with van der Waals surface area (Å²) in [5.41, 5.74) is 6.59. The molecule has 0 saturated carbocycles. The van der Waals surface area contributed by atoms with Gasteiger partial charge in [0.05, 0.1) is 12.5 Å². The maximum Gasteiger partial charge on any atom is 0.223 e. The van der Waals surface area contributed by atoms with E-state index in [1.54, 1.807) is 11.1 Å². The van der Waals surface area contributed by atoms with Gasteiger partial charge in [0.1, 0.15) is 0 Å². The molecule has 0 saturated heterocycles. The number of hydrogen-bond acceptors (Lipinski definition) is 2. The zero-order valence-electron chi connectivity index (χ0n) is 17.8. The van der Waals surface area contributed by atoms with E-state index in [0.717, 1.165) is 27.8 Å². The van der Waals surface area contributed by atoms with Gasteiger partial charge in [-0.2, -0.15) is 0 Å². The molecule has 1 unspecified atom stereocenters. The van der Waals surface area contributed by atoms with E-state index >= 15 is 0 Å². The fourth-order valence-electron chi connectivity index (χ4n) is 4.05. The molecule has 0 spiro atoms. The monoisotopic (exact) mass is 410 g/mol. The normalized spacial score (nSPS) is 14.8. The molecule has 0 radical (unpaired) electrons. The van der Waals surface area contributed by atoms with E-state index in [-0.39, 0.29) is 24.3 Å². The van der Waals surface area contributed by atoms with Gasteiger partial charge in [-0.25, -0.2) is 0 Å². The van der Waals surface area contributed by atoms with Crippen LogP contribution < -0.4 is 5.32 Å². The summed E-state index contributed by atoms with van der Waals surface area (Å²) in [5.74, 6) is -0.156. The first-order chi connectivity index (χ1) is 15.0. The van der Waals surface area contributed by atoms with Gasteiger partial charge in [0.25, 0.3) is 0 Å². The van der Waals surface area contributed by atoms with Gasteiger partial charge >= 0.3 is 0 Å². The van der Waals surface area contributed by atoms with Gasteiger partial charge in [-0.15, -0.1) is 0 Å². The van der Waals surface area contributed by atoms with Gasteiger partial charge < -0.3 is 10.2 Å². The van der Waals surface area contributed by atoms with Crippen LogP contribution in [0.2, 0.25) is 0 Å². The van der Waals surface area contributed by atoms with Gasteiger partial charge in [0, 0.05) is 19.7 Å². The molecule has 4 nitrogen and oxygen atoms in total. The second kappa shape index (κ2) is 9.00. The number of rotatable bonds is 5. The number of amides is 2. The van der Waals surface area contributed by atoms with Crippen LogP contribution in [-0.4, -0.2) is 16.7 Å². The Morgan fingerprint density at radius 1 is 0.935 bits per heavy atom. The number of carbonyl (C=O) groups excluding carboxylic acids is 2. The minimum Gasteiger partial charge on any atom is -0.352 e. The zero-order valence-corrected chi connectivity index (χ0v) is 17.8. The lowest BCUT2D eigenvalue weighted by Gasteiger charge is -2.32. The second-order valence-electron chi connectivity index (χ2n) is 7.94. The number of nitrogens with zero attached hydrogens (tertiary/aromatic N) is 1. The van der Waals surface area contributed by atoms with Crippen LogP contribution in [0, 0.1) is 6.92 Å². The van der Waals surface area contributed by atoms with E-state index in [1.165, 1.54) is 12.5 Å². The Labute approximate surface area is 183 Å². The Balaban J connectivity index is 1.45. The molecule has 0 fully saturated rings. The van der Waals surface area contributed by atoms with Gasteiger partial charge in [-0.05, 0) is 46.9 Å². The molecule has 3 aromatic carbocycles. The maximum absolute atomic E-state index is 12.8. The maximum atomic E-state index is 12.8. The molecule has 1 aliphatic heterocycles. The van der Waals surface area contributed by atoms with Gasteiger partial charge in [-0.1, -0.05) is 72.3 Å². The second-order valence-corrected chi connectivity index (χ2v) is 7.94. The Kier molecular flexibility index (Phi) is 5.99. The first-order valence-corrected chi connectivity index (χ1v) is 10.5. The molecule has 2 amide bonds. The van der Waals surface area contributed by atoms with Crippen LogP contribution >= 0.6 is 0 Å². The molecule has 1 atom stereocenters. The SMILES string of the molecule is CC(=O)N1C=Cc2ccccc2C1CC(=O)NCc1cccc(-c2cccc(C)c2)c1. The number of benzene rings is 3. The van der Waals surface area contributed by atoms with Gasteiger partial charge in [0.2, 0.25) is 11.8 Å². The largest absolute Gasteiger partial charge is 0.352 e. The molecular weight excluding hydrogens is 384 g/mol. The van der Waals surface area contributed by atoms with Crippen molar-refractivity contribution in [2.45, 2.75) is 32.9 Å². The third kappa shape index (κ3) is 4.75. The first-order valence-electron chi connectivity index (χ1n) is 10.5. The molecule has 1 heterocycles. The lowest BCUT2D eigenvalue weighted by Crippen LogP contribution is -2.35. The Hall–Kier alpha value is -3.66. The summed E-state index contributed by atoms with van der Waals surface area (Å²) in [7, 11) is 0. The van der Waals surface area contributed by atoms with Crippen LogP contribution in [0.5, 0.6) is 0 Å². The van der Waals surface area contributed by atoms with Crippen molar-refractivity contribution in [2.75, 3.05) is 0 Å². The Morgan fingerprint density at radius 3 is 2.45 bits per heavy atom. The van der Waals surface area contributed by atoms with Gasteiger partial charge in [0.15, 0.2) is 0 Å². The number of hydrogen-bond donors (Lipinski definition) is 1. The minimum atomic E-state index is -0.294. The summed E-state index contributed by atoms with van der Waals surface area (Å²) in [5, 5.41) is 3.03. The smallest absolute Gasteiger partial charge is 0.223 e. The molecule has 0 aliphatic carbocycles. The van der Waals surface area contributed by atoms with Crippen molar-refractivity contribution in [3.8, 4) is 11.1 Å². The van der Waals surface area contributed by atoms with Crippen LogP contribution in [0.3, 0.4) is 0 Å². The molecule has 4 rings (SSSR count). The van der Waals surface area contributed by atoms with Crippen LogP contribution in [0.4, 0.5) is 0 Å². The fourth-order valence-corrected chi connectivity index (χ4v) is 4.05. The molecule has 0 bridgehead atoms. The number of carbonyl (C=O) groups is 2. The van der Waals surface area contributed by atoms with Crippen molar-refractivity contribution in [3.63, 3.8) is 0 Å². The predicted octanol–water partition coefficient (Wildman–Crippen LogP) is 5.24. The number of fused-ring (bicyclic) bond motifs is 1. The van der Waals surface area contributed by atoms with E-state index < -0.39 is 0 Å². The van der Waals surface area contributed by atoms with E-state index in [0.29, 0.717) is 6.54 Å². The van der Waals surface area contributed by atoms with Crippen molar-refractivity contribution < 1.29 is 9.59 Å². The lowest BCUT2D eigenvalue weighted by molar-refractivity contribution is -0.130. The molecule has 31 heavy (non-hydrogen) atoms. The summed E-state index contributed by atoms with van der Waals surface area (Å²) in [6.45, 7) is 4.05. The molecule has 4 heteroatoms. The van der Waals surface area contributed by atoms with Crippen LogP contribution in [0.15, 0.2) is 79.0 Å². The minimum absolute atomic E-state index is 0.0746. The van der Waals surface area contributed by atoms with Crippen molar-refractivity contribution in [1.29, 1.82) is 0 Å². The predicted molar refractivity (Wildman–Crippen MR) is 124 cm³/mol. The highest BCUT2D eigenvalue weighted by Gasteiger charge is 2.28. The molecule has 1 N–H and O–H groups in total. The quantitative estimate of drug-likeness (QED) is 0.625. The topological polar surface area (TPSA) is 49.4 Å². The molecule has 0 aromatic heterocycles. The molecule has 3 aromatic rings. The third-order valence-corrected chi connectivity index (χ3v) is 5.62. The van der Waals surface area contributed by atoms with E-state index in [4.69, 9.17) is 0 Å².